The highest BCUT2D eigenvalue weighted by atomic mass is 35.5. The van der Waals surface area contributed by atoms with Crippen LogP contribution in [0.5, 0.6) is 0 Å². The maximum absolute atomic E-state index is 11.2. The van der Waals surface area contributed by atoms with Crippen LogP contribution in [0.2, 0.25) is 0 Å². The molecule has 0 bridgehead atoms. The number of quaternary nitrogens is 1. The van der Waals surface area contributed by atoms with Crippen LogP contribution in [0.4, 0.5) is 0 Å². The summed E-state index contributed by atoms with van der Waals surface area (Å²) >= 11 is 0. The quantitative estimate of drug-likeness (QED) is 0.334. The first-order valence-corrected chi connectivity index (χ1v) is 9.20. The Hall–Kier alpha value is 0.550. The minimum absolute atomic E-state index is 0. The molecule has 1 rings (SSSR count). The molecule has 19 heavy (non-hydrogen) atoms. The molecule has 116 valence electrons. The zero-order chi connectivity index (χ0) is 14.2. The molecule has 0 aliphatic carbocycles. The molecule has 0 saturated carbocycles. The van der Waals surface area contributed by atoms with Gasteiger partial charge < -0.3 is 36.5 Å². The lowest BCUT2D eigenvalue weighted by molar-refractivity contribution is -0.898. The Kier molecular flexibility index (Phi) is 6.73. The summed E-state index contributed by atoms with van der Waals surface area (Å²) < 4.78 is 23.1. The van der Waals surface area contributed by atoms with Crippen molar-refractivity contribution in [1.82, 2.24) is 0 Å². The summed E-state index contributed by atoms with van der Waals surface area (Å²) in [4.78, 5) is 36.4. The van der Waals surface area contributed by atoms with E-state index < -0.39 is 20.6 Å². The number of piperidine rings is 1. The van der Waals surface area contributed by atoms with Gasteiger partial charge in [-0.3, -0.25) is 9.13 Å². The van der Waals surface area contributed by atoms with Crippen molar-refractivity contribution in [2.75, 3.05) is 27.2 Å². The van der Waals surface area contributed by atoms with E-state index >= 15 is 0 Å². The minimum Gasteiger partial charge on any atom is -1.00 e. The third kappa shape index (κ3) is 6.23. The number of rotatable bonds is 4. The first-order chi connectivity index (χ1) is 7.92. The Morgan fingerprint density at radius 2 is 1.63 bits per heavy atom. The highest BCUT2D eigenvalue weighted by molar-refractivity contribution is 7.70. The first-order valence-electron chi connectivity index (χ1n) is 5.84. The maximum atomic E-state index is 11.2. The zero-order valence-electron chi connectivity index (χ0n) is 11.0. The standard InChI is InChI=1S/C9H21NO6P2.ClH/c1-10(2)5-3-4-8(7-10)6-9(17(11,12)13)18(14,15)16;/h8-9H,3-7H2,1-2H3,(H3-,11,12,13,14,15,16);1H. The largest absolute Gasteiger partial charge is 1.00 e. The van der Waals surface area contributed by atoms with Crippen LogP contribution < -0.4 is 12.4 Å². The van der Waals surface area contributed by atoms with Crippen LogP contribution in [0.1, 0.15) is 19.3 Å². The normalized spacial score (nSPS) is 24.1. The van der Waals surface area contributed by atoms with Gasteiger partial charge in [0.05, 0.1) is 27.2 Å². The van der Waals surface area contributed by atoms with E-state index in [-0.39, 0.29) is 24.7 Å². The van der Waals surface area contributed by atoms with Gasteiger partial charge in [-0.15, -0.1) is 0 Å². The molecule has 1 aliphatic rings. The third-order valence-corrected chi connectivity index (χ3v) is 7.23. The van der Waals surface area contributed by atoms with E-state index in [0.29, 0.717) is 6.54 Å². The summed E-state index contributed by atoms with van der Waals surface area (Å²) in [6.07, 6.45) is 1.56. The van der Waals surface area contributed by atoms with Crippen molar-refractivity contribution < 1.29 is 45.6 Å². The van der Waals surface area contributed by atoms with Crippen LogP contribution in [0.15, 0.2) is 0 Å². The third-order valence-electron chi connectivity index (χ3n) is 3.45. The molecule has 1 heterocycles. The monoisotopic (exact) mass is 337 g/mol. The van der Waals surface area contributed by atoms with Gasteiger partial charge in [-0.25, -0.2) is 0 Å². The predicted octanol–water partition coefficient (Wildman–Crippen LogP) is -2.45. The predicted molar refractivity (Wildman–Crippen MR) is 67.1 cm³/mol. The summed E-state index contributed by atoms with van der Waals surface area (Å²) in [7, 11) is -5.53. The molecular weight excluding hydrogens is 316 g/mol. The smallest absolute Gasteiger partial charge is 0.340 e. The lowest BCUT2D eigenvalue weighted by Gasteiger charge is -2.39. The minimum atomic E-state index is -4.78. The van der Waals surface area contributed by atoms with Crippen LogP contribution in [-0.2, 0) is 9.13 Å². The molecule has 0 amide bonds. The number of hydrogen-bond donors (Lipinski definition) is 4. The Labute approximate surface area is 119 Å². The van der Waals surface area contributed by atoms with Crippen molar-refractivity contribution in [1.29, 1.82) is 0 Å². The number of likely N-dealkylation sites (tertiary alicyclic amines) is 1. The number of nitrogens with zero attached hydrogens (tertiary/aromatic N) is 1. The summed E-state index contributed by atoms with van der Waals surface area (Å²) in [5.74, 6) is -0.0565. The molecule has 0 aromatic heterocycles. The fourth-order valence-corrected chi connectivity index (χ4v) is 5.36. The Morgan fingerprint density at radius 1 is 1.16 bits per heavy atom. The molecule has 0 radical (unpaired) electrons. The van der Waals surface area contributed by atoms with Gasteiger partial charge in [-0.2, -0.15) is 0 Å². The van der Waals surface area contributed by atoms with Crippen molar-refractivity contribution in [3.8, 4) is 0 Å². The van der Waals surface area contributed by atoms with Gasteiger partial charge in [0.25, 0.3) is 0 Å². The van der Waals surface area contributed by atoms with Crippen LogP contribution in [-0.4, -0.2) is 56.6 Å². The summed E-state index contributed by atoms with van der Waals surface area (Å²) in [5.41, 5.74) is 0. The molecular formula is C9H22ClNO6P2. The molecule has 0 aromatic rings. The molecule has 1 fully saturated rings. The fraction of sp³-hybridized carbons (Fsp3) is 1.00. The molecule has 1 aliphatic heterocycles. The summed E-state index contributed by atoms with van der Waals surface area (Å²) in [6, 6.07) is 0. The SMILES string of the molecule is C[N+]1(C)CCCC(CC(P(=O)(O)O)P(=O)(O)O)C1.[Cl-]. The van der Waals surface area contributed by atoms with Crippen LogP contribution >= 0.6 is 15.2 Å². The van der Waals surface area contributed by atoms with Gasteiger partial charge in [0.1, 0.15) is 0 Å². The Morgan fingerprint density at radius 3 is 2.00 bits per heavy atom. The number of halogens is 1. The zero-order valence-corrected chi connectivity index (χ0v) is 13.6. The van der Waals surface area contributed by atoms with Gasteiger partial charge in [-0.05, 0) is 19.3 Å². The van der Waals surface area contributed by atoms with E-state index in [1.807, 2.05) is 14.1 Å². The van der Waals surface area contributed by atoms with Gasteiger partial charge >= 0.3 is 15.2 Å². The summed E-state index contributed by atoms with van der Waals surface area (Å²) in [6.45, 7) is 1.67. The van der Waals surface area contributed by atoms with E-state index in [4.69, 9.17) is 19.6 Å². The fourth-order valence-electron chi connectivity index (χ4n) is 2.65. The second-order valence-electron chi connectivity index (χ2n) is 5.74. The van der Waals surface area contributed by atoms with E-state index in [9.17, 15) is 9.13 Å². The van der Waals surface area contributed by atoms with E-state index in [0.717, 1.165) is 23.9 Å². The van der Waals surface area contributed by atoms with Gasteiger partial charge in [0.15, 0.2) is 5.40 Å². The Bertz CT molecular complexity index is 370. The first kappa shape index (κ1) is 19.6. The van der Waals surface area contributed by atoms with E-state index in [2.05, 4.69) is 0 Å². The van der Waals surface area contributed by atoms with E-state index in [1.54, 1.807) is 0 Å². The molecule has 0 spiro atoms. The highest BCUT2D eigenvalue weighted by Gasteiger charge is 2.45. The van der Waals surface area contributed by atoms with Crippen molar-refractivity contribution >= 4 is 15.2 Å². The van der Waals surface area contributed by atoms with Crippen molar-refractivity contribution in [3.05, 3.63) is 0 Å². The van der Waals surface area contributed by atoms with Crippen LogP contribution in [0, 0.1) is 5.92 Å². The molecule has 1 unspecified atom stereocenters. The van der Waals surface area contributed by atoms with Crippen LogP contribution in [0.25, 0.3) is 0 Å². The second kappa shape index (κ2) is 6.54. The van der Waals surface area contributed by atoms with Crippen molar-refractivity contribution in [2.24, 2.45) is 5.92 Å². The summed E-state index contributed by atoms with van der Waals surface area (Å²) in [5, 5.41) is -1.85. The second-order valence-corrected chi connectivity index (χ2v) is 9.76. The molecule has 0 aromatic carbocycles. The van der Waals surface area contributed by atoms with Crippen molar-refractivity contribution in [3.63, 3.8) is 0 Å². The molecule has 1 saturated heterocycles. The maximum Gasteiger partial charge on any atom is 0.340 e. The average Bonchev–Trinajstić information content (AvgIpc) is 2.09. The lowest BCUT2D eigenvalue weighted by Crippen LogP contribution is -3.00. The van der Waals surface area contributed by atoms with Crippen LogP contribution in [0.3, 0.4) is 0 Å². The molecule has 1 atom stereocenters. The molecule has 10 heteroatoms. The van der Waals surface area contributed by atoms with Gasteiger partial charge in [0, 0.05) is 5.92 Å². The molecule has 7 nitrogen and oxygen atoms in total. The molecule has 4 N–H and O–H groups in total. The highest BCUT2D eigenvalue weighted by Crippen LogP contribution is 2.62. The van der Waals surface area contributed by atoms with E-state index in [1.165, 1.54) is 0 Å². The Balaban J connectivity index is 0.00000324. The van der Waals surface area contributed by atoms with Crippen molar-refractivity contribution in [2.45, 2.75) is 24.7 Å². The lowest BCUT2D eigenvalue weighted by atomic mass is 9.94. The van der Waals surface area contributed by atoms with Gasteiger partial charge in [0.2, 0.25) is 0 Å². The van der Waals surface area contributed by atoms with Gasteiger partial charge in [-0.1, -0.05) is 0 Å². The average molecular weight is 338 g/mol. The topological polar surface area (TPSA) is 115 Å². The number of hydrogen-bond acceptors (Lipinski definition) is 2.